The van der Waals surface area contributed by atoms with Gasteiger partial charge in [-0.2, -0.15) is 0 Å². The zero-order chi connectivity index (χ0) is 40.6. The number of hydrogen-bond acceptors (Lipinski definition) is 4. The van der Waals surface area contributed by atoms with Crippen LogP contribution in [0.3, 0.4) is 0 Å². The summed E-state index contributed by atoms with van der Waals surface area (Å²) in [5.41, 5.74) is 7.49. The zero-order valence-electron chi connectivity index (χ0n) is 37.6. The Labute approximate surface area is 324 Å². The molecule has 0 saturated carbocycles. The van der Waals surface area contributed by atoms with E-state index in [1.807, 2.05) is 0 Å². The maximum absolute atomic E-state index is 7.22. The summed E-state index contributed by atoms with van der Waals surface area (Å²) in [7, 11) is -9.08. The lowest BCUT2D eigenvalue weighted by Crippen LogP contribution is -2.45. The molecule has 0 unspecified atom stereocenters. The molecule has 0 heterocycles. The van der Waals surface area contributed by atoms with Gasteiger partial charge in [0.25, 0.3) is 33.3 Å². The highest BCUT2D eigenvalue weighted by Crippen LogP contribution is 2.49. The first-order valence-electron chi connectivity index (χ1n) is 19.1. The van der Waals surface area contributed by atoms with Crippen LogP contribution in [-0.2, 0) is 0 Å². The van der Waals surface area contributed by atoms with Crippen LogP contribution in [-0.4, -0.2) is 33.3 Å². The van der Waals surface area contributed by atoms with Gasteiger partial charge in [-0.1, -0.05) is 107 Å². The summed E-state index contributed by atoms with van der Waals surface area (Å²) in [4.78, 5) is 0. The van der Waals surface area contributed by atoms with Gasteiger partial charge in [0, 0.05) is 0 Å². The van der Waals surface area contributed by atoms with E-state index >= 15 is 0 Å². The second-order valence-electron chi connectivity index (χ2n) is 21.3. The normalized spacial score (nSPS) is 14.2. The van der Waals surface area contributed by atoms with E-state index < -0.39 is 33.3 Å². The molecular formula is C44H72O4Si4. The molecule has 2 aromatic rings. The molecule has 0 radical (unpaired) electrons. The smallest absolute Gasteiger partial charge is 0.250 e. The van der Waals surface area contributed by atoms with E-state index in [1.165, 1.54) is 0 Å². The maximum atomic E-state index is 7.22. The molecule has 0 aromatic heterocycles. The minimum Gasteiger partial charge on any atom is -0.542 e. The van der Waals surface area contributed by atoms with Gasteiger partial charge in [0.05, 0.1) is 22.3 Å². The second kappa shape index (κ2) is 13.7. The quantitative estimate of drug-likeness (QED) is 0.169. The lowest BCUT2D eigenvalue weighted by atomic mass is 9.92. The molecule has 0 atom stereocenters. The van der Waals surface area contributed by atoms with Gasteiger partial charge in [-0.05, 0) is 122 Å². The van der Waals surface area contributed by atoms with E-state index in [0.717, 1.165) is 67.5 Å². The Kier molecular flexibility index (Phi) is 11.6. The van der Waals surface area contributed by atoms with Gasteiger partial charge in [-0.3, -0.25) is 0 Å². The van der Waals surface area contributed by atoms with Gasteiger partial charge in [-0.15, -0.1) is 0 Å². The third-order valence-corrected chi connectivity index (χ3v) is 30.5. The Hall–Kier alpha value is -2.37. The highest BCUT2D eigenvalue weighted by molar-refractivity contribution is 6.76. The lowest BCUT2D eigenvalue weighted by Gasteiger charge is -2.40. The SMILES string of the molecule is Cc1c(C)c(O[Si](C)(C)C(C)(C)C)c2c(c1O[Si](C)(C)C(C)(C)C)C#Cc1c(c(O[Si](C)(C)C(C)(C)C)c(C)c(C)c1O[Si](C)(C)C(C)(C)C)C#C2. The number of fused-ring (bicyclic) bond motifs is 2. The Bertz CT molecular complexity index is 1600. The van der Waals surface area contributed by atoms with Crippen molar-refractivity contribution in [1.29, 1.82) is 0 Å². The molecule has 0 saturated heterocycles. The number of hydrogen-bond donors (Lipinski definition) is 0. The van der Waals surface area contributed by atoms with E-state index in [9.17, 15) is 0 Å². The first-order valence-corrected chi connectivity index (χ1v) is 30.8. The van der Waals surface area contributed by atoms with Crippen molar-refractivity contribution in [2.75, 3.05) is 0 Å². The van der Waals surface area contributed by atoms with Gasteiger partial charge in [0.15, 0.2) is 0 Å². The van der Waals surface area contributed by atoms with Crippen molar-refractivity contribution in [3.05, 3.63) is 44.5 Å². The van der Waals surface area contributed by atoms with E-state index in [1.54, 1.807) is 0 Å². The van der Waals surface area contributed by atoms with Crippen LogP contribution in [0.15, 0.2) is 0 Å². The summed E-state index contributed by atoms with van der Waals surface area (Å²) < 4.78 is 28.9. The molecule has 8 heteroatoms. The molecule has 52 heavy (non-hydrogen) atoms. The van der Waals surface area contributed by atoms with E-state index in [2.05, 4.69) is 187 Å². The van der Waals surface area contributed by atoms with Crippen LogP contribution in [0.1, 0.15) is 128 Å². The van der Waals surface area contributed by atoms with E-state index in [4.69, 9.17) is 17.7 Å². The first-order chi connectivity index (χ1) is 23.0. The van der Waals surface area contributed by atoms with Crippen molar-refractivity contribution in [3.63, 3.8) is 0 Å². The van der Waals surface area contributed by atoms with E-state index in [-0.39, 0.29) is 20.2 Å². The standard InChI is InChI=1S/C44H72O4Si4/c1-29-30(2)38(46-50(19,20)42(8,9)10)34-27-28-36-35(26-25-33(34)37(29)45-49(17,18)41(5,6)7)39(47-51(21,22)43(11,12)13)31(3)32(4)40(36)48-52(23,24)44(14,15)16/h1-24H3. The fourth-order valence-corrected chi connectivity index (χ4v) is 9.04. The molecule has 0 amide bonds. The number of rotatable bonds is 8. The van der Waals surface area contributed by atoms with Crippen LogP contribution in [0, 0.1) is 51.4 Å². The first kappa shape index (κ1) is 44.0. The van der Waals surface area contributed by atoms with Crippen LogP contribution >= 0.6 is 0 Å². The van der Waals surface area contributed by atoms with Gasteiger partial charge in [-0.25, -0.2) is 0 Å². The van der Waals surface area contributed by atoms with Gasteiger partial charge in [0.2, 0.25) is 0 Å². The molecule has 1 aliphatic carbocycles. The summed E-state index contributed by atoms with van der Waals surface area (Å²) in [6.07, 6.45) is 0. The predicted octanol–water partition coefficient (Wildman–Crippen LogP) is 13.6. The van der Waals surface area contributed by atoms with Gasteiger partial charge >= 0.3 is 0 Å². The van der Waals surface area contributed by atoms with Crippen LogP contribution in [0.4, 0.5) is 0 Å². The molecule has 0 spiro atoms. The Balaban J connectivity index is 2.63. The molecule has 4 nitrogen and oxygen atoms in total. The zero-order valence-corrected chi connectivity index (χ0v) is 41.6. The fraction of sp³-hybridized carbons (Fsp3) is 0.636. The summed E-state index contributed by atoms with van der Waals surface area (Å²) in [6, 6.07) is 0. The van der Waals surface area contributed by atoms with Crippen molar-refractivity contribution in [2.24, 2.45) is 0 Å². The van der Waals surface area contributed by atoms with E-state index in [0.29, 0.717) is 0 Å². The van der Waals surface area contributed by atoms with Crippen molar-refractivity contribution in [3.8, 4) is 46.7 Å². The monoisotopic (exact) mass is 776 g/mol. The van der Waals surface area contributed by atoms with Crippen LogP contribution in [0.2, 0.25) is 72.5 Å². The molecule has 0 N–H and O–H groups in total. The molecule has 288 valence electrons. The fourth-order valence-electron chi connectivity index (χ4n) is 4.76. The molecule has 2 aromatic carbocycles. The summed E-state index contributed by atoms with van der Waals surface area (Å²) >= 11 is 0. The van der Waals surface area contributed by atoms with Crippen molar-refractivity contribution in [1.82, 2.24) is 0 Å². The third kappa shape index (κ3) is 8.31. The lowest BCUT2D eigenvalue weighted by molar-refractivity contribution is 0.474. The molecule has 0 aliphatic heterocycles. The average molecular weight is 777 g/mol. The Morgan fingerprint density at radius 2 is 0.442 bits per heavy atom. The minimum absolute atomic E-state index is 0.00132. The average Bonchev–Trinajstić information content (AvgIpc) is 2.92. The minimum atomic E-state index is -2.27. The molecule has 3 rings (SSSR count). The summed E-state index contributed by atoms with van der Waals surface area (Å²) in [5.74, 6) is 18.1. The third-order valence-electron chi connectivity index (χ3n) is 13.2. The molecule has 0 fully saturated rings. The summed E-state index contributed by atoms with van der Waals surface area (Å²) in [5, 5.41) is -0.00529. The molecule has 0 bridgehead atoms. The number of benzene rings is 2. The highest BCUT2D eigenvalue weighted by Gasteiger charge is 2.45. The highest BCUT2D eigenvalue weighted by atomic mass is 28.4. The van der Waals surface area contributed by atoms with Gasteiger partial charge in [0.1, 0.15) is 23.0 Å². The Morgan fingerprint density at radius 3 is 0.558 bits per heavy atom. The topological polar surface area (TPSA) is 36.9 Å². The van der Waals surface area contributed by atoms with Crippen LogP contribution in [0.25, 0.3) is 0 Å². The van der Waals surface area contributed by atoms with Crippen LogP contribution in [0.5, 0.6) is 23.0 Å². The largest absolute Gasteiger partial charge is 0.542 e. The van der Waals surface area contributed by atoms with Crippen LogP contribution < -0.4 is 17.7 Å². The van der Waals surface area contributed by atoms with Crippen molar-refractivity contribution in [2.45, 2.75) is 183 Å². The van der Waals surface area contributed by atoms with Gasteiger partial charge < -0.3 is 17.7 Å². The van der Waals surface area contributed by atoms with Crippen molar-refractivity contribution < 1.29 is 17.7 Å². The maximum Gasteiger partial charge on any atom is 0.250 e. The second-order valence-corrected chi connectivity index (χ2v) is 40.2. The molecular weight excluding hydrogens is 705 g/mol. The molecule has 1 aliphatic rings. The predicted molar refractivity (Wildman–Crippen MR) is 235 cm³/mol. The van der Waals surface area contributed by atoms with Crippen molar-refractivity contribution >= 4 is 33.3 Å². The summed E-state index contributed by atoms with van der Waals surface area (Å²) in [6.45, 7) is 54.4. The Morgan fingerprint density at radius 1 is 0.308 bits per heavy atom.